The molecule has 0 aromatic heterocycles. The molecule has 0 radical (unpaired) electrons. The third-order valence-corrected chi connectivity index (χ3v) is 3.85. The number of hydrogen-bond donors (Lipinski definition) is 3. The Morgan fingerprint density at radius 2 is 1.75 bits per heavy atom. The summed E-state index contributed by atoms with van der Waals surface area (Å²) in [5, 5.41) is 9.80. The maximum absolute atomic E-state index is 11.6. The fourth-order valence-corrected chi connectivity index (χ4v) is 3.15. The molecule has 16 heavy (non-hydrogen) atoms. The molecule has 0 aliphatic heterocycles. The standard InChI is InChI=1S/C9H22N2O3S2/c1-8(2,3)11-16(13,14)10-6-9(4,12)7-15-5/h10-12H,6-7H2,1-5H3. The molecule has 0 bridgehead atoms. The number of nitrogens with one attached hydrogen (secondary N) is 2. The average Bonchev–Trinajstić information content (AvgIpc) is 1.97. The molecule has 1 unspecified atom stereocenters. The summed E-state index contributed by atoms with van der Waals surface area (Å²) >= 11 is 1.47. The zero-order chi connectivity index (χ0) is 13.0. The first-order valence-corrected chi connectivity index (χ1v) is 7.85. The van der Waals surface area contributed by atoms with Crippen LogP contribution in [-0.2, 0) is 10.2 Å². The molecule has 0 fully saturated rings. The fourth-order valence-electron chi connectivity index (χ4n) is 1.05. The van der Waals surface area contributed by atoms with Crippen molar-refractivity contribution in [2.45, 2.75) is 38.8 Å². The van der Waals surface area contributed by atoms with E-state index in [-0.39, 0.29) is 6.54 Å². The van der Waals surface area contributed by atoms with Crippen LogP contribution in [0.5, 0.6) is 0 Å². The minimum absolute atomic E-state index is 0.000741. The monoisotopic (exact) mass is 270 g/mol. The first-order chi connectivity index (χ1) is 6.97. The second-order valence-corrected chi connectivity index (χ2v) is 7.47. The van der Waals surface area contributed by atoms with Crippen LogP contribution in [0.25, 0.3) is 0 Å². The molecule has 0 aromatic carbocycles. The molecule has 0 saturated carbocycles. The Labute approximate surface area is 103 Å². The molecule has 0 aliphatic carbocycles. The topological polar surface area (TPSA) is 78.4 Å². The Morgan fingerprint density at radius 3 is 2.12 bits per heavy atom. The molecule has 0 heterocycles. The van der Waals surface area contributed by atoms with Gasteiger partial charge in [0.05, 0.1) is 5.60 Å². The van der Waals surface area contributed by atoms with E-state index in [0.29, 0.717) is 5.75 Å². The van der Waals surface area contributed by atoms with Gasteiger partial charge in [0.2, 0.25) is 0 Å². The maximum atomic E-state index is 11.6. The third-order valence-electron chi connectivity index (χ3n) is 1.54. The minimum Gasteiger partial charge on any atom is -0.388 e. The van der Waals surface area contributed by atoms with Crippen LogP contribution in [0.4, 0.5) is 0 Å². The van der Waals surface area contributed by atoms with Gasteiger partial charge in [-0.3, -0.25) is 0 Å². The van der Waals surface area contributed by atoms with Crippen LogP contribution in [0.1, 0.15) is 27.7 Å². The van der Waals surface area contributed by atoms with Crippen LogP contribution in [0.2, 0.25) is 0 Å². The highest BCUT2D eigenvalue weighted by atomic mass is 32.2. The summed E-state index contributed by atoms with van der Waals surface area (Å²) in [5.74, 6) is 0.477. The molecule has 0 aromatic rings. The SMILES string of the molecule is CSCC(C)(O)CNS(=O)(=O)NC(C)(C)C. The van der Waals surface area contributed by atoms with Crippen LogP contribution in [-0.4, -0.2) is 43.2 Å². The van der Waals surface area contributed by atoms with Crippen molar-refractivity contribution in [1.29, 1.82) is 0 Å². The molecule has 7 heteroatoms. The molecule has 98 valence electrons. The maximum Gasteiger partial charge on any atom is 0.277 e. The van der Waals surface area contributed by atoms with Gasteiger partial charge in [-0.05, 0) is 34.0 Å². The Balaban J connectivity index is 4.30. The van der Waals surface area contributed by atoms with Crippen molar-refractivity contribution in [1.82, 2.24) is 9.44 Å². The van der Waals surface area contributed by atoms with E-state index in [1.807, 2.05) is 6.26 Å². The van der Waals surface area contributed by atoms with E-state index >= 15 is 0 Å². The van der Waals surface area contributed by atoms with Gasteiger partial charge in [0.15, 0.2) is 0 Å². The van der Waals surface area contributed by atoms with E-state index < -0.39 is 21.3 Å². The molecular formula is C9H22N2O3S2. The van der Waals surface area contributed by atoms with Gasteiger partial charge in [0, 0.05) is 17.8 Å². The van der Waals surface area contributed by atoms with Crippen molar-refractivity contribution >= 4 is 22.0 Å². The largest absolute Gasteiger partial charge is 0.388 e. The van der Waals surface area contributed by atoms with E-state index in [4.69, 9.17) is 0 Å². The second-order valence-electron chi connectivity index (χ2n) is 5.11. The summed E-state index contributed by atoms with van der Waals surface area (Å²) in [5.41, 5.74) is -1.57. The van der Waals surface area contributed by atoms with Gasteiger partial charge >= 0.3 is 0 Å². The van der Waals surface area contributed by atoms with E-state index in [2.05, 4.69) is 9.44 Å². The first-order valence-electron chi connectivity index (χ1n) is 4.97. The van der Waals surface area contributed by atoms with Gasteiger partial charge in [-0.25, -0.2) is 0 Å². The first kappa shape index (κ1) is 16.2. The summed E-state index contributed by atoms with van der Waals surface area (Å²) in [6.07, 6.45) is 1.86. The normalized spacial score (nSPS) is 17.1. The lowest BCUT2D eigenvalue weighted by Crippen LogP contribution is -2.51. The minimum atomic E-state index is -3.56. The number of aliphatic hydroxyl groups is 1. The summed E-state index contributed by atoms with van der Waals surface area (Å²) < 4.78 is 27.9. The zero-order valence-corrected chi connectivity index (χ0v) is 12.1. The fraction of sp³-hybridized carbons (Fsp3) is 1.00. The molecule has 5 nitrogen and oxygen atoms in total. The summed E-state index contributed by atoms with van der Waals surface area (Å²) in [6.45, 7) is 6.87. The second kappa shape index (κ2) is 5.68. The van der Waals surface area contributed by atoms with Crippen molar-refractivity contribution < 1.29 is 13.5 Å². The van der Waals surface area contributed by atoms with Gasteiger partial charge in [-0.15, -0.1) is 0 Å². The van der Waals surface area contributed by atoms with Gasteiger partial charge < -0.3 is 5.11 Å². The Kier molecular flexibility index (Phi) is 5.74. The highest BCUT2D eigenvalue weighted by Gasteiger charge is 2.25. The molecule has 0 saturated heterocycles. The van der Waals surface area contributed by atoms with Crippen molar-refractivity contribution in [2.24, 2.45) is 0 Å². The predicted molar refractivity (Wildman–Crippen MR) is 68.8 cm³/mol. The molecular weight excluding hydrogens is 248 g/mol. The van der Waals surface area contributed by atoms with Crippen LogP contribution >= 0.6 is 11.8 Å². The van der Waals surface area contributed by atoms with Crippen molar-refractivity contribution in [3.63, 3.8) is 0 Å². The molecule has 3 N–H and O–H groups in total. The van der Waals surface area contributed by atoms with Crippen molar-refractivity contribution in [3.8, 4) is 0 Å². The molecule has 0 spiro atoms. The lowest BCUT2D eigenvalue weighted by molar-refractivity contribution is 0.0907. The number of rotatable bonds is 6. The van der Waals surface area contributed by atoms with Gasteiger partial charge in [0.1, 0.15) is 0 Å². The van der Waals surface area contributed by atoms with Crippen LogP contribution in [0.15, 0.2) is 0 Å². The van der Waals surface area contributed by atoms with Crippen LogP contribution < -0.4 is 9.44 Å². The summed E-state index contributed by atoms with van der Waals surface area (Å²) in [7, 11) is -3.56. The lowest BCUT2D eigenvalue weighted by Gasteiger charge is -2.25. The smallest absolute Gasteiger partial charge is 0.277 e. The molecule has 0 rings (SSSR count). The Bertz CT molecular complexity index is 307. The van der Waals surface area contributed by atoms with Crippen molar-refractivity contribution in [3.05, 3.63) is 0 Å². The van der Waals surface area contributed by atoms with Gasteiger partial charge in [-0.2, -0.15) is 29.6 Å². The van der Waals surface area contributed by atoms with E-state index in [0.717, 1.165) is 0 Å². The Morgan fingerprint density at radius 1 is 1.25 bits per heavy atom. The summed E-state index contributed by atoms with van der Waals surface area (Å²) in [4.78, 5) is 0. The highest BCUT2D eigenvalue weighted by Crippen LogP contribution is 2.09. The van der Waals surface area contributed by atoms with E-state index in [1.165, 1.54) is 11.8 Å². The van der Waals surface area contributed by atoms with E-state index in [1.54, 1.807) is 27.7 Å². The Hall–Kier alpha value is 0.180. The van der Waals surface area contributed by atoms with Gasteiger partial charge in [-0.1, -0.05) is 0 Å². The quantitative estimate of drug-likeness (QED) is 0.649. The number of thioether (sulfide) groups is 1. The lowest BCUT2D eigenvalue weighted by atomic mass is 10.1. The summed E-state index contributed by atoms with van der Waals surface area (Å²) in [6, 6.07) is 0. The number of hydrogen-bond acceptors (Lipinski definition) is 4. The molecule has 0 amide bonds. The van der Waals surface area contributed by atoms with Gasteiger partial charge in [0.25, 0.3) is 10.2 Å². The van der Waals surface area contributed by atoms with E-state index in [9.17, 15) is 13.5 Å². The highest BCUT2D eigenvalue weighted by molar-refractivity contribution is 7.98. The third kappa shape index (κ3) is 8.35. The van der Waals surface area contributed by atoms with Crippen LogP contribution in [0, 0.1) is 0 Å². The average molecular weight is 270 g/mol. The van der Waals surface area contributed by atoms with Crippen LogP contribution in [0.3, 0.4) is 0 Å². The molecule has 0 aliphatic rings. The zero-order valence-electron chi connectivity index (χ0n) is 10.5. The van der Waals surface area contributed by atoms with Crippen molar-refractivity contribution in [2.75, 3.05) is 18.6 Å². The molecule has 1 atom stereocenters. The predicted octanol–water partition coefficient (Wildman–Crippen LogP) is 0.323.